The third kappa shape index (κ3) is 4.83. The SMILES string of the molecule is CCCCNC(=S)NCC1(C)CCCC1. The van der Waals surface area contributed by atoms with Crippen molar-refractivity contribution in [1.29, 1.82) is 0 Å². The molecule has 1 aliphatic rings. The monoisotopic (exact) mass is 228 g/mol. The highest BCUT2D eigenvalue weighted by molar-refractivity contribution is 7.80. The number of thiocarbonyl (C=S) groups is 1. The Labute approximate surface area is 99.2 Å². The zero-order valence-electron chi connectivity index (χ0n) is 10.1. The molecule has 1 saturated carbocycles. The molecular weight excluding hydrogens is 204 g/mol. The maximum absolute atomic E-state index is 5.23. The Balaban J connectivity index is 2.10. The van der Waals surface area contributed by atoms with E-state index in [9.17, 15) is 0 Å². The summed E-state index contributed by atoms with van der Waals surface area (Å²) < 4.78 is 0. The van der Waals surface area contributed by atoms with E-state index in [0.29, 0.717) is 5.41 Å². The van der Waals surface area contributed by atoms with Crippen molar-refractivity contribution in [2.75, 3.05) is 13.1 Å². The standard InChI is InChI=1S/C12H24N2S/c1-3-4-9-13-11(15)14-10-12(2)7-5-6-8-12/h3-10H2,1-2H3,(H2,13,14,15). The minimum Gasteiger partial charge on any atom is -0.363 e. The highest BCUT2D eigenvalue weighted by Gasteiger charge is 2.28. The second-order valence-corrected chi connectivity index (χ2v) is 5.39. The number of unbranched alkanes of at least 4 members (excludes halogenated alkanes) is 1. The molecule has 0 heterocycles. The Morgan fingerprint density at radius 2 is 1.93 bits per heavy atom. The number of nitrogens with one attached hydrogen (secondary N) is 2. The highest BCUT2D eigenvalue weighted by Crippen LogP contribution is 2.36. The summed E-state index contributed by atoms with van der Waals surface area (Å²) in [6, 6.07) is 0. The molecule has 0 spiro atoms. The van der Waals surface area contributed by atoms with E-state index in [4.69, 9.17) is 12.2 Å². The van der Waals surface area contributed by atoms with Gasteiger partial charge in [0.05, 0.1) is 0 Å². The maximum atomic E-state index is 5.23. The molecule has 0 aromatic rings. The van der Waals surface area contributed by atoms with Gasteiger partial charge in [-0.3, -0.25) is 0 Å². The van der Waals surface area contributed by atoms with Crippen LogP contribution in [0.2, 0.25) is 0 Å². The Morgan fingerprint density at radius 3 is 2.53 bits per heavy atom. The molecule has 1 rings (SSSR count). The van der Waals surface area contributed by atoms with Crippen LogP contribution in [0.4, 0.5) is 0 Å². The minimum atomic E-state index is 0.483. The average molecular weight is 228 g/mol. The van der Waals surface area contributed by atoms with Crippen LogP contribution in [0, 0.1) is 5.41 Å². The van der Waals surface area contributed by atoms with Crippen LogP contribution in [0.25, 0.3) is 0 Å². The van der Waals surface area contributed by atoms with Crippen molar-refractivity contribution in [2.45, 2.75) is 52.4 Å². The summed E-state index contributed by atoms with van der Waals surface area (Å²) in [5.74, 6) is 0. The minimum absolute atomic E-state index is 0.483. The van der Waals surface area contributed by atoms with E-state index in [2.05, 4.69) is 24.5 Å². The zero-order chi connectivity index (χ0) is 11.1. The molecule has 0 amide bonds. The van der Waals surface area contributed by atoms with Gasteiger partial charge < -0.3 is 10.6 Å². The summed E-state index contributed by atoms with van der Waals surface area (Å²) >= 11 is 5.23. The lowest BCUT2D eigenvalue weighted by Crippen LogP contribution is -2.40. The van der Waals surface area contributed by atoms with Gasteiger partial charge in [-0.1, -0.05) is 33.1 Å². The predicted octanol–water partition coefficient (Wildman–Crippen LogP) is 2.83. The molecule has 15 heavy (non-hydrogen) atoms. The zero-order valence-corrected chi connectivity index (χ0v) is 10.9. The summed E-state index contributed by atoms with van der Waals surface area (Å²) in [5.41, 5.74) is 0.483. The Kier molecular flexibility index (Phi) is 5.37. The van der Waals surface area contributed by atoms with Crippen LogP contribution in [0.5, 0.6) is 0 Å². The lowest BCUT2D eigenvalue weighted by Gasteiger charge is -2.24. The average Bonchev–Trinajstić information content (AvgIpc) is 2.64. The Morgan fingerprint density at radius 1 is 1.27 bits per heavy atom. The van der Waals surface area contributed by atoms with Gasteiger partial charge in [0.1, 0.15) is 0 Å². The molecule has 0 radical (unpaired) electrons. The second kappa shape index (κ2) is 6.31. The highest BCUT2D eigenvalue weighted by atomic mass is 32.1. The number of hydrogen-bond acceptors (Lipinski definition) is 1. The molecule has 0 aromatic carbocycles. The van der Waals surface area contributed by atoms with Gasteiger partial charge in [0.15, 0.2) is 5.11 Å². The normalized spacial score (nSPS) is 18.8. The third-order valence-corrected chi connectivity index (χ3v) is 3.59. The van der Waals surface area contributed by atoms with Crippen LogP contribution >= 0.6 is 12.2 Å². The van der Waals surface area contributed by atoms with E-state index in [-0.39, 0.29) is 0 Å². The van der Waals surface area contributed by atoms with Crippen LogP contribution in [-0.2, 0) is 0 Å². The fourth-order valence-electron chi connectivity index (χ4n) is 2.14. The molecular formula is C12H24N2S. The van der Waals surface area contributed by atoms with E-state index in [1.165, 1.54) is 38.5 Å². The quantitative estimate of drug-likeness (QED) is 0.559. The number of hydrogen-bond donors (Lipinski definition) is 2. The molecule has 1 fully saturated rings. The predicted molar refractivity (Wildman–Crippen MR) is 70.1 cm³/mol. The van der Waals surface area contributed by atoms with Crippen molar-refractivity contribution in [3.8, 4) is 0 Å². The molecule has 0 bridgehead atoms. The van der Waals surface area contributed by atoms with Crippen molar-refractivity contribution in [3.05, 3.63) is 0 Å². The molecule has 0 atom stereocenters. The van der Waals surface area contributed by atoms with Crippen LogP contribution in [0.15, 0.2) is 0 Å². The fourth-order valence-corrected chi connectivity index (χ4v) is 2.31. The molecule has 0 unspecified atom stereocenters. The van der Waals surface area contributed by atoms with Gasteiger partial charge in [0.2, 0.25) is 0 Å². The topological polar surface area (TPSA) is 24.1 Å². The smallest absolute Gasteiger partial charge is 0.166 e. The largest absolute Gasteiger partial charge is 0.363 e. The van der Waals surface area contributed by atoms with Crippen molar-refractivity contribution in [3.63, 3.8) is 0 Å². The number of rotatable bonds is 5. The molecule has 2 N–H and O–H groups in total. The van der Waals surface area contributed by atoms with Gasteiger partial charge in [0.25, 0.3) is 0 Å². The molecule has 0 aliphatic heterocycles. The summed E-state index contributed by atoms with van der Waals surface area (Å²) in [6.07, 6.45) is 7.87. The van der Waals surface area contributed by atoms with E-state index >= 15 is 0 Å². The van der Waals surface area contributed by atoms with E-state index in [0.717, 1.165) is 18.2 Å². The van der Waals surface area contributed by atoms with Crippen LogP contribution in [0.1, 0.15) is 52.4 Å². The van der Waals surface area contributed by atoms with Gasteiger partial charge in [-0.15, -0.1) is 0 Å². The van der Waals surface area contributed by atoms with Crippen molar-refractivity contribution >= 4 is 17.3 Å². The lowest BCUT2D eigenvalue weighted by molar-refractivity contribution is 0.335. The van der Waals surface area contributed by atoms with Gasteiger partial charge >= 0.3 is 0 Å². The maximum Gasteiger partial charge on any atom is 0.166 e. The summed E-state index contributed by atoms with van der Waals surface area (Å²) in [5, 5.41) is 7.42. The van der Waals surface area contributed by atoms with Crippen LogP contribution in [-0.4, -0.2) is 18.2 Å². The first-order valence-electron chi connectivity index (χ1n) is 6.18. The third-order valence-electron chi connectivity index (χ3n) is 3.30. The Hall–Kier alpha value is -0.310. The molecule has 0 saturated heterocycles. The fraction of sp³-hybridized carbons (Fsp3) is 0.917. The van der Waals surface area contributed by atoms with E-state index in [1.54, 1.807) is 0 Å². The van der Waals surface area contributed by atoms with Gasteiger partial charge in [-0.2, -0.15) is 0 Å². The van der Waals surface area contributed by atoms with Gasteiger partial charge in [0, 0.05) is 13.1 Å². The first-order valence-corrected chi connectivity index (χ1v) is 6.59. The van der Waals surface area contributed by atoms with Crippen LogP contribution in [0.3, 0.4) is 0 Å². The first kappa shape index (κ1) is 12.8. The Bertz CT molecular complexity index is 198. The molecule has 1 aliphatic carbocycles. The molecule has 2 nitrogen and oxygen atoms in total. The summed E-state index contributed by atoms with van der Waals surface area (Å²) in [4.78, 5) is 0. The lowest BCUT2D eigenvalue weighted by atomic mass is 9.89. The second-order valence-electron chi connectivity index (χ2n) is 4.98. The molecule has 88 valence electrons. The van der Waals surface area contributed by atoms with Gasteiger partial charge in [-0.05, 0) is 36.9 Å². The van der Waals surface area contributed by atoms with E-state index in [1.807, 2.05) is 0 Å². The van der Waals surface area contributed by atoms with Crippen molar-refractivity contribution in [2.24, 2.45) is 5.41 Å². The summed E-state index contributed by atoms with van der Waals surface area (Å²) in [7, 11) is 0. The van der Waals surface area contributed by atoms with Crippen molar-refractivity contribution in [1.82, 2.24) is 10.6 Å². The molecule has 0 aromatic heterocycles. The summed E-state index contributed by atoms with van der Waals surface area (Å²) in [6.45, 7) is 6.59. The first-order chi connectivity index (χ1) is 7.16. The molecule has 3 heteroatoms. The van der Waals surface area contributed by atoms with Crippen molar-refractivity contribution < 1.29 is 0 Å². The van der Waals surface area contributed by atoms with Crippen LogP contribution < -0.4 is 10.6 Å². The van der Waals surface area contributed by atoms with Gasteiger partial charge in [-0.25, -0.2) is 0 Å². The van der Waals surface area contributed by atoms with E-state index < -0.39 is 0 Å².